The van der Waals surface area contributed by atoms with Crippen molar-refractivity contribution in [1.82, 2.24) is 10.2 Å². The number of aliphatic imine (C=N–C) groups is 1. The number of fused-ring (bicyclic) bond motifs is 1. The van der Waals surface area contributed by atoms with E-state index in [4.69, 9.17) is 14.8 Å². The van der Waals surface area contributed by atoms with Crippen LogP contribution in [-0.4, -0.2) is 47.0 Å². The molecular formula is C27H27N3O3. The fraction of sp³-hybridized carbons (Fsp3) is 0.333. The van der Waals surface area contributed by atoms with Crippen LogP contribution in [0.25, 0.3) is 0 Å². The molecule has 6 nitrogen and oxygen atoms in total. The molecule has 2 heterocycles. The van der Waals surface area contributed by atoms with Crippen LogP contribution in [0.1, 0.15) is 30.4 Å². The first-order valence-electron chi connectivity index (χ1n) is 11.4. The summed E-state index contributed by atoms with van der Waals surface area (Å²) in [5, 5.41) is 12.4. The molecule has 6 heteroatoms. The highest BCUT2D eigenvalue weighted by Crippen LogP contribution is 2.34. The highest BCUT2D eigenvalue weighted by atomic mass is 16.5. The van der Waals surface area contributed by atoms with Gasteiger partial charge in [-0.3, -0.25) is 14.7 Å². The summed E-state index contributed by atoms with van der Waals surface area (Å²) in [6.07, 6.45) is 4.18. The molecule has 2 aromatic rings. The molecule has 2 N–H and O–H groups in total. The lowest BCUT2D eigenvalue weighted by molar-refractivity contribution is -0.147. The van der Waals surface area contributed by atoms with E-state index >= 15 is 0 Å². The maximum atomic E-state index is 11.1. The minimum atomic E-state index is -0.667. The zero-order valence-corrected chi connectivity index (χ0v) is 18.4. The van der Waals surface area contributed by atoms with Crippen molar-refractivity contribution in [2.75, 3.05) is 13.1 Å². The molecule has 2 aromatic carbocycles. The molecule has 1 saturated carbocycles. The van der Waals surface area contributed by atoms with E-state index in [9.17, 15) is 4.79 Å². The van der Waals surface area contributed by atoms with Crippen LogP contribution >= 0.6 is 0 Å². The van der Waals surface area contributed by atoms with Crippen LogP contribution in [0, 0.1) is 17.8 Å². The van der Waals surface area contributed by atoms with E-state index in [0.717, 1.165) is 54.9 Å². The average Bonchev–Trinajstić information content (AvgIpc) is 2.81. The molecule has 2 fully saturated rings. The van der Waals surface area contributed by atoms with Crippen LogP contribution < -0.4 is 10.1 Å². The number of carboxylic acids is 1. The number of nitrogens with zero attached hydrogens (tertiary/aromatic N) is 2. The molecule has 0 spiro atoms. The van der Waals surface area contributed by atoms with Gasteiger partial charge in [0.2, 0.25) is 0 Å². The van der Waals surface area contributed by atoms with Gasteiger partial charge < -0.3 is 15.2 Å². The van der Waals surface area contributed by atoms with Gasteiger partial charge in [-0.2, -0.15) is 0 Å². The standard InChI is InChI=1S/C27H27N3O3/c31-27(32)21-14-23(15-21)30-13-12-25-22(17-30)16-28-26(29-25)11-8-19-6-9-24(10-7-19)33-18-20-4-2-1-3-5-20/h1-7,9-10,16,21,23,26,28H,12-15,17-18H2,(H,31,32). The zero-order chi connectivity index (χ0) is 22.6. The fourth-order valence-corrected chi connectivity index (χ4v) is 4.45. The van der Waals surface area contributed by atoms with Gasteiger partial charge in [-0.1, -0.05) is 36.3 Å². The monoisotopic (exact) mass is 441 g/mol. The Morgan fingerprint density at radius 3 is 2.70 bits per heavy atom. The van der Waals surface area contributed by atoms with E-state index in [0.29, 0.717) is 12.6 Å². The number of rotatable bonds is 5. The van der Waals surface area contributed by atoms with E-state index in [2.05, 4.69) is 22.1 Å². The van der Waals surface area contributed by atoms with Crippen molar-refractivity contribution in [3.8, 4) is 17.6 Å². The second-order valence-corrected chi connectivity index (χ2v) is 8.76. The summed E-state index contributed by atoms with van der Waals surface area (Å²) in [5.74, 6) is 6.39. The van der Waals surface area contributed by atoms with Gasteiger partial charge in [0.1, 0.15) is 12.4 Å². The number of carbonyl (C=O) groups is 1. The maximum Gasteiger partial charge on any atom is 0.306 e. The number of likely N-dealkylation sites (tertiary alicyclic amines) is 1. The van der Waals surface area contributed by atoms with Gasteiger partial charge in [-0.25, -0.2) is 0 Å². The molecule has 3 aliphatic rings. The summed E-state index contributed by atoms with van der Waals surface area (Å²) in [6.45, 7) is 2.30. The van der Waals surface area contributed by atoms with Gasteiger partial charge in [0.15, 0.2) is 6.17 Å². The summed E-state index contributed by atoms with van der Waals surface area (Å²) in [6, 6.07) is 18.3. The number of hydrogen-bond donors (Lipinski definition) is 2. The molecular weight excluding hydrogens is 414 g/mol. The first-order valence-corrected chi connectivity index (χ1v) is 11.4. The third-order valence-corrected chi connectivity index (χ3v) is 6.51. The van der Waals surface area contributed by atoms with Crippen LogP contribution in [0.15, 0.2) is 71.4 Å². The lowest BCUT2D eigenvalue weighted by Gasteiger charge is -2.44. The Morgan fingerprint density at radius 2 is 1.94 bits per heavy atom. The van der Waals surface area contributed by atoms with Gasteiger partial charge in [-0.15, -0.1) is 0 Å². The van der Waals surface area contributed by atoms with Crippen molar-refractivity contribution in [2.45, 2.75) is 38.1 Å². The normalized spacial score (nSPS) is 24.1. The summed E-state index contributed by atoms with van der Waals surface area (Å²) in [5.41, 5.74) is 4.37. The molecule has 1 aliphatic carbocycles. The fourth-order valence-electron chi connectivity index (χ4n) is 4.45. The molecule has 1 saturated heterocycles. The summed E-state index contributed by atoms with van der Waals surface area (Å²) < 4.78 is 5.83. The molecule has 168 valence electrons. The van der Waals surface area contributed by atoms with Crippen molar-refractivity contribution < 1.29 is 14.6 Å². The molecule has 0 amide bonds. The molecule has 2 aliphatic heterocycles. The largest absolute Gasteiger partial charge is 0.489 e. The lowest BCUT2D eigenvalue weighted by atomic mass is 9.78. The smallest absolute Gasteiger partial charge is 0.306 e. The van der Waals surface area contributed by atoms with Gasteiger partial charge >= 0.3 is 5.97 Å². The predicted molar refractivity (Wildman–Crippen MR) is 127 cm³/mol. The zero-order valence-electron chi connectivity index (χ0n) is 18.4. The molecule has 33 heavy (non-hydrogen) atoms. The van der Waals surface area contributed by atoms with Crippen molar-refractivity contribution in [3.05, 3.63) is 77.5 Å². The predicted octanol–water partition coefficient (Wildman–Crippen LogP) is 3.44. The Bertz CT molecular complexity index is 1120. The van der Waals surface area contributed by atoms with Crippen molar-refractivity contribution >= 4 is 11.7 Å². The SMILES string of the molecule is O=C(O)C1CC(N2CCC3=NC(C#Cc4ccc(OCc5ccccc5)cc4)NC=C3C2)C1. The first kappa shape index (κ1) is 21.3. The summed E-state index contributed by atoms with van der Waals surface area (Å²) >= 11 is 0. The topological polar surface area (TPSA) is 74.2 Å². The number of aliphatic carboxylic acids is 1. The minimum Gasteiger partial charge on any atom is -0.489 e. The molecule has 1 unspecified atom stereocenters. The third kappa shape index (κ3) is 5.10. The van der Waals surface area contributed by atoms with Gasteiger partial charge in [0.05, 0.1) is 5.92 Å². The van der Waals surface area contributed by atoms with Crippen LogP contribution in [0.5, 0.6) is 5.75 Å². The molecule has 0 radical (unpaired) electrons. The van der Waals surface area contributed by atoms with Crippen LogP contribution in [-0.2, 0) is 11.4 Å². The number of piperidine rings is 1. The average molecular weight is 442 g/mol. The Balaban J connectivity index is 1.13. The van der Waals surface area contributed by atoms with E-state index in [1.54, 1.807) is 0 Å². The van der Waals surface area contributed by atoms with Crippen LogP contribution in [0.3, 0.4) is 0 Å². The lowest BCUT2D eigenvalue weighted by Crippen LogP contribution is -2.51. The van der Waals surface area contributed by atoms with E-state index in [-0.39, 0.29) is 12.1 Å². The minimum absolute atomic E-state index is 0.173. The quantitative estimate of drug-likeness (QED) is 0.696. The third-order valence-electron chi connectivity index (χ3n) is 6.51. The number of nitrogens with one attached hydrogen (secondary N) is 1. The molecule has 1 atom stereocenters. The highest BCUT2D eigenvalue weighted by molar-refractivity contribution is 6.02. The highest BCUT2D eigenvalue weighted by Gasteiger charge is 2.39. The maximum absolute atomic E-state index is 11.1. The van der Waals surface area contributed by atoms with E-state index in [1.807, 2.05) is 60.8 Å². The molecule has 0 aromatic heterocycles. The number of benzene rings is 2. The Morgan fingerprint density at radius 1 is 1.15 bits per heavy atom. The van der Waals surface area contributed by atoms with Crippen molar-refractivity contribution in [3.63, 3.8) is 0 Å². The summed E-state index contributed by atoms with van der Waals surface area (Å²) in [4.78, 5) is 18.2. The Labute approximate surface area is 194 Å². The molecule has 5 rings (SSSR count). The number of hydrogen-bond acceptors (Lipinski definition) is 5. The van der Waals surface area contributed by atoms with Crippen molar-refractivity contribution in [2.24, 2.45) is 10.9 Å². The van der Waals surface area contributed by atoms with Crippen LogP contribution in [0.4, 0.5) is 0 Å². The Kier molecular flexibility index (Phi) is 6.14. The van der Waals surface area contributed by atoms with E-state index in [1.165, 1.54) is 5.57 Å². The summed E-state index contributed by atoms with van der Waals surface area (Å²) in [7, 11) is 0. The van der Waals surface area contributed by atoms with Gasteiger partial charge in [-0.05, 0) is 48.6 Å². The first-order chi connectivity index (χ1) is 16.1. The number of carboxylic acid groups (broad SMARTS) is 1. The number of ether oxygens (including phenoxy) is 1. The van der Waals surface area contributed by atoms with E-state index < -0.39 is 5.97 Å². The second kappa shape index (κ2) is 9.51. The van der Waals surface area contributed by atoms with Gasteiger partial charge in [0.25, 0.3) is 0 Å². The second-order valence-electron chi connectivity index (χ2n) is 8.76. The molecule has 0 bridgehead atoms. The Hall–Kier alpha value is -3.56. The van der Waals surface area contributed by atoms with Gasteiger partial charge in [0, 0.05) is 48.6 Å². The van der Waals surface area contributed by atoms with Crippen molar-refractivity contribution in [1.29, 1.82) is 0 Å². The van der Waals surface area contributed by atoms with Crippen LogP contribution in [0.2, 0.25) is 0 Å².